The number of nitrogens with one attached hydrogen (secondary N) is 1. The van der Waals surface area contributed by atoms with E-state index in [0.717, 1.165) is 23.6 Å². The molecule has 5 nitrogen and oxygen atoms in total. The van der Waals surface area contributed by atoms with Crippen molar-refractivity contribution in [2.75, 3.05) is 17.3 Å². The number of anilines is 2. The molecule has 0 unspecified atom stereocenters. The summed E-state index contributed by atoms with van der Waals surface area (Å²) in [5, 5.41) is 11.0. The highest BCUT2D eigenvalue weighted by Crippen LogP contribution is 2.13. The van der Waals surface area contributed by atoms with Gasteiger partial charge in [-0.05, 0) is 36.8 Å². The number of amides is 1. The van der Waals surface area contributed by atoms with Crippen molar-refractivity contribution in [2.24, 2.45) is 0 Å². The second-order valence-corrected chi connectivity index (χ2v) is 5.94. The highest BCUT2D eigenvalue weighted by Gasteiger charge is 2.10. The van der Waals surface area contributed by atoms with Crippen molar-refractivity contribution in [3.05, 3.63) is 83.6 Å². The molecule has 0 saturated carbocycles. The predicted molar refractivity (Wildman–Crippen MR) is 99.7 cm³/mol. The smallest absolute Gasteiger partial charge is 0.276 e. The van der Waals surface area contributed by atoms with Gasteiger partial charge in [0.2, 0.25) is 0 Å². The maximum atomic E-state index is 12.2. The van der Waals surface area contributed by atoms with Gasteiger partial charge in [-0.1, -0.05) is 48.0 Å². The Labute approximate surface area is 147 Å². The van der Waals surface area contributed by atoms with E-state index in [0.29, 0.717) is 0 Å². The molecule has 5 heteroatoms. The molecule has 126 valence electrons. The number of benzene rings is 2. The van der Waals surface area contributed by atoms with Crippen molar-refractivity contribution >= 4 is 17.4 Å². The third-order valence-corrected chi connectivity index (χ3v) is 3.85. The number of aryl methyl sites for hydroxylation is 1. The van der Waals surface area contributed by atoms with Gasteiger partial charge in [0.05, 0.1) is 0 Å². The van der Waals surface area contributed by atoms with Crippen molar-refractivity contribution in [1.82, 2.24) is 10.2 Å². The molecule has 0 atom stereocenters. The number of rotatable bonds is 5. The zero-order chi connectivity index (χ0) is 17.6. The second-order valence-electron chi connectivity index (χ2n) is 5.94. The topological polar surface area (TPSA) is 58.1 Å². The summed E-state index contributed by atoms with van der Waals surface area (Å²) in [5.41, 5.74) is 3.36. The molecule has 1 amide bonds. The molecule has 0 radical (unpaired) electrons. The Hall–Kier alpha value is -3.21. The molecular weight excluding hydrogens is 312 g/mol. The fourth-order valence-corrected chi connectivity index (χ4v) is 2.42. The Bertz CT molecular complexity index is 830. The van der Waals surface area contributed by atoms with E-state index in [-0.39, 0.29) is 11.6 Å². The molecule has 0 fully saturated rings. The largest absolute Gasteiger partial charge is 0.354 e. The highest BCUT2D eigenvalue weighted by atomic mass is 16.1. The molecular formula is C20H20N4O. The monoisotopic (exact) mass is 332 g/mol. The number of carbonyl (C=O) groups excluding carboxylic acids is 1. The lowest BCUT2D eigenvalue weighted by Gasteiger charge is -2.17. The zero-order valence-corrected chi connectivity index (χ0v) is 14.3. The summed E-state index contributed by atoms with van der Waals surface area (Å²) in [6, 6.07) is 21.2. The van der Waals surface area contributed by atoms with Crippen LogP contribution in [0, 0.1) is 6.92 Å². The van der Waals surface area contributed by atoms with Crippen molar-refractivity contribution in [1.29, 1.82) is 0 Å². The minimum absolute atomic E-state index is 0.270. The maximum Gasteiger partial charge on any atom is 0.276 e. The van der Waals surface area contributed by atoms with E-state index in [1.807, 2.05) is 61.3 Å². The number of aromatic nitrogens is 2. The molecule has 3 rings (SSSR count). The fourth-order valence-electron chi connectivity index (χ4n) is 2.42. The van der Waals surface area contributed by atoms with Gasteiger partial charge < -0.3 is 10.2 Å². The van der Waals surface area contributed by atoms with E-state index in [1.54, 1.807) is 12.1 Å². The minimum atomic E-state index is -0.270. The molecule has 1 aromatic heterocycles. The quantitative estimate of drug-likeness (QED) is 0.774. The first kappa shape index (κ1) is 16.6. The molecule has 3 aromatic rings. The van der Waals surface area contributed by atoms with Crippen LogP contribution in [-0.2, 0) is 6.54 Å². The molecule has 0 aliphatic rings. The van der Waals surface area contributed by atoms with Gasteiger partial charge in [0.25, 0.3) is 5.91 Å². The van der Waals surface area contributed by atoms with Gasteiger partial charge >= 0.3 is 0 Å². The number of carbonyl (C=O) groups is 1. The number of nitrogens with zero attached hydrogens (tertiary/aromatic N) is 3. The van der Waals surface area contributed by atoms with Crippen LogP contribution in [0.2, 0.25) is 0 Å². The van der Waals surface area contributed by atoms with E-state index < -0.39 is 0 Å². The fraction of sp³-hybridized carbons (Fsp3) is 0.150. The summed E-state index contributed by atoms with van der Waals surface area (Å²) in [6.45, 7) is 2.73. The molecule has 0 bridgehead atoms. The summed E-state index contributed by atoms with van der Waals surface area (Å²) in [4.78, 5) is 14.2. The minimum Gasteiger partial charge on any atom is -0.354 e. The van der Waals surface area contributed by atoms with Gasteiger partial charge in [-0.2, -0.15) is 0 Å². The SMILES string of the molecule is Cc1ccc(NC(=O)c2ccc(N(C)Cc3ccccc3)nn2)cc1. The molecule has 0 saturated heterocycles. The number of hydrogen-bond donors (Lipinski definition) is 1. The van der Waals surface area contributed by atoms with E-state index in [1.165, 1.54) is 5.56 Å². The summed E-state index contributed by atoms with van der Waals surface area (Å²) in [7, 11) is 1.95. The Morgan fingerprint density at radius 2 is 1.68 bits per heavy atom. The van der Waals surface area contributed by atoms with E-state index in [9.17, 15) is 4.79 Å². The predicted octanol–water partition coefficient (Wildman–Crippen LogP) is 3.67. The molecule has 1 heterocycles. The molecule has 0 spiro atoms. The maximum absolute atomic E-state index is 12.2. The van der Waals surface area contributed by atoms with Crippen LogP contribution in [-0.4, -0.2) is 23.2 Å². The summed E-state index contributed by atoms with van der Waals surface area (Å²) in [6.07, 6.45) is 0. The third-order valence-electron chi connectivity index (χ3n) is 3.85. The average molecular weight is 332 g/mol. The van der Waals surface area contributed by atoms with Gasteiger partial charge in [-0.15, -0.1) is 10.2 Å². The lowest BCUT2D eigenvalue weighted by Crippen LogP contribution is -2.20. The first-order chi connectivity index (χ1) is 12.1. The van der Waals surface area contributed by atoms with Crippen LogP contribution < -0.4 is 10.2 Å². The Kier molecular flexibility index (Phi) is 5.04. The van der Waals surface area contributed by atoms with E-state index >= 15 is 0 Å². The van der Waals surface area contributed by atoms with Crippen LogP contribution in [0.15, 0.2) is 66.7 Å². The second kappa shape index (κ2) is 7.57. The lowest BCUT2D eigenvalue weighted by molar-refractivity contribution is 0.102. The molecule has 25 heavy (non-hydrogen) atoms. The molecule has 0 aliphatic carbocycles. The lowest BCUT2D eigenvalue weighted by atomic mass is 10.2. The first-order valence-electron chi connectivity index (χ1n) is 8.08. The molecule has 1 N–H and O–H groups in total. The standard InChI is InChI=1S/C20H20N4O/c1-15-8-10-17(11-9-15)21-20(25)18-12-13-19(23-22-18)24(2)14-16-6-4-3-5-7-16/h3-13H,14H2,1-2H3,(H,21,25). The average Bonchev–Trinajstić information content (AvgIpc) is 2.64. The zero-order valence-electron chi connectivity index (χ0n) is 14.3. The number of hydrogen-bond acceptors (Lipinski definition) is 4. The van der Waals surface area contributed by atoms with Crippen LogP contribution in [0.25, 0.3) is 0 Å². The highest BCUT2D eigenvalue weighted by molar-refractivity contribution is 6.02. The van der Waals surface area contributed by atoms with Crippen LogP contribution >= 0.6 is 0 Å². The van der Waals surface area contributed by atoms with Gasteiger partial charge in [0.15, 0.2) is 11.5 Å². The van der Waals surface area contributed by atoms with Gasteiger partial charge in [0, 0.05) is 19.3 Å². The van der Waals surface area contributed by atoms with Crippen molar-refractivity contribution in [3.8, 4) is 0 Å². The van der Waals surface area contributed by atoms with Crippen LogP contribution in [0.1, 0.15) is 21.6 Å². The van der Waals surface area contributed by atoms with E-state index in [2.05, 4.69) is 27.6 Å². The Morgan fingerprint density at radius 3 is 2.32 bits per heavy atom. The van der Waals surface area contributed by atoms with Crippen LogP contribution in [0.3, 0.4) is 0 Å². The van der Waals surface area contributed by atoms with E-state index in [4.69, 9.17) is 0 Å². The summed E-state index contributed by atoms with van der Waals surface area (Å²) < 4.78 is 0. The normalized spacial score (nSPS) is 10.3. The first-order valence-corrected chi connectivity index (χ1v) is 8.08. The van der Waals surface area contributed by atoms with Crippen molar-refractivity contribution in [2.45, 2.75) is 13.5 Å². The third kappa shape index (κ3) is 4.41. The van der Waals surface area contributed by atoms with Gasteiger partial charge in [-0.3, -0.25) is 4.79 Å². The van der Waals surface area contributed by atoms with Crippen LogP contribution in [0.5, 0.6) is 0 Å². The van der Waals surface area contributed by atoms with Crippen LogP contribution in [0.4, 0.5) is 11.5 Å². The molecule has 0 aliphatic heterocycles. The Morgan fingerprint density at radius 1 is 0.960 bits per heavy atom. The summed E-state index contributed by atoms with van der Waals surface area (Å²) in [5.74, 6) is 0.448. The summed E-state index contributed by atoms with van der Waals surface area (Å²) >= 11 is 0. The Balaban J connectivity index is 1.65. The van der Waals surface area contributed by atoms with Gasteiger partial charge in [0.1, 0.15) is 0 Å². The van der Waals surface area contributed by atoms with Gasteiger partial charge in [-0.25, -0.2) is 0 Å². The molecule has 2 aromatic carbocycles. The van der Waals surface area contributed by atoms with Crippen molar-refractivity contribution < 1.29 is 4.79 Å². The van der Waals surface area contributed by atoms with Crippen molar-refractivity contribution in [3.63, 3.8) is 0 Å².